The number of aryl methyl sites for hydroxylation is 1. The van der Waals surface area contributed by atoms with Gasteiger partial charge >= 0.3 is 0 Å². The number of hydrogen-bond acceptors (Lipinski definition) is 6. The second kappa shape index (κ2) is 6.94. The predicted octanol–water partition coefficient (Wildman–Crippen LogP) is 2.42. The van der Waals surface area contributed by atoms with Crippen LogP contribution in [0.3, 0.4) is 0 Å². The number of thiophene rings is 1. The average Bonchev–Trinajstić information content (AvgIpc) is 2.98. The number of benzene rings is 1. The average molecular weight is 359 g/mol. The van der Waals surface area contributed by atoms with Crippen LogP contribution in [0.1, 0.15) is 4.88 Å². The minimum absolute atomic E-state index is 0.142. The molecule has 1 N–H and O–H groups in total. The molecule has 25 heavy (non-hydrogen) atoms. The van der Waals surface area contributed by atoms with Crippen LogP contribution in [0.25, 0.3) is 10.2 Å². The molecular formula is C17H17N3O4S. The largest absolute Gasteiger partial charge is 0.497 e. The minimum Gasteiger partial charge on any atom is -0.497 e. The number of rotatable bonds is 5. The maximum absolute atomic E-state index is 12.5. The van der Waals surface area contributed by atoms with E-state index in [2.05, 4.69) is 10.3 Å². The van der Waals surface area contributed by atoms with Crippen molar-refractivity contribution in [2.75, 3.05) is 19.5 Å². The zero-order valence-corrected chi connectivity index (χ0v) is 14.8. The number of ether oxygens (including phenoxy) is 2. The summed E-state index contributed by atoms with van der Waals surface area (Å²) in [4.78, 5) is 30.7. The summed E-state index contributed by atoms with van der Waals surface area (Å²) in [5.41, 5.74) is 0.238. The summed E-state index contributed by atoms with van der Waals surface area (Å²) in [6, 6.07) is 6.87. The number of anilines is 1. The number of amides is 1. The van der Waals surface area contributed by atoms with Crippen LogP contribution in [0.2, 0.25) is 0 Å². The van der Waals surface area contributed by atoms with E-state index < -0.39 is 0 Å². The van der Waals surface area contributed by atoms with E-state index in [-0.39, 0.29) is 18.0 Å². The van der Waals surface area contributed by atoms with Crippen LogP contribution in [0.4, 0.5) is 5.69 Å². The van der Waals surface area contributed by atoms with Crippen LogP contribution in [0.5, 0.6) is 11.5 Å². The molecule has 3 rings (SSSR count). The Hall–Kier alpha value is -2.87. The molecule has 0 atom stereocenters. The maximum Gasteiger partial charge on any atom is 0.262 e. The first-order valence-corrected chi connectivity index (χ1v) is 8.31. The van der Waals surface area contributed by atoms with Gasteiger partial charge in [-0.2, -0.15) is 0 Å². The molecule has 0 saturated carbocycles. The Morgan fingerprint density at radius 3 is 2.80 bits per heavy atom. The molecular weight excluding hydrogens is 342 g/mol. The number of aromatic nitrogens is 2. The Kier molecular flexibility index (Phi) is 4.71. The molecule has 2 heterocycles. The van der Waals surface area contributed by atoms with E-state index in [1.807, 2.05) is 6.92 Å². The van der Waals surface area contributed by atoms with Gasteiger partial charge in [0, 0.05) is 10.9 Å². The highest BCUT2D eigenvalue weighted by atomic mass is 32.1. The fourth-order valence-corrected chi connectivity index (χ4v) is 3.29. The number of hydrogen-bond donors (Lipinski definition) is 1. The molecule has 0 unspecified atom stereocenters. The lowest BCUT2D eigenvalue weighted by Gasteiger charge is -2.12. The van der Waals surface area contributed by atoms with Crippen molar-refractivity contribution in [3.8, 4) is 11.5 Å². The van der Waals surface area contributed by atoms with Crippen LogP contribution >= 0.6 is 11.3 Å². The Morgan fingerprint density at radius 2 is 2.08 bits per heavy atom. The van der Waals surface area contributed by atoms with E-state index in [1.54, 1.807) is 24.3 Å². The van der Waals surface area contributed by atoms with Crippen molar-refractivity contribution >= 4 is 33.1 Å². The van der Waals surface area contributed by atoms with Crippen LogP contribution in [0, 0.1) is 6.92 Å². The van der Waals surface area contributed by atoms with E-state index in [1.165, 1.54) is 36.5 Å². The van der Waals surface area contributed by atoms with Crippen LogP contribution in [-0.4, -0.2) is 29.7 Å². The molecule has 0 aliphatic carbocycles. The lowest BCUT2D eigenvalue weighted by atomic mass is 10.2. The van der Waals surface area contributed by atoms with Crippen molar-refractivity contribution in [3.05, 3.63) is 45.8 Å². The summed E-state index contributed by atoms with van der Waals surface area (Å²) >= 11 is 1.45. The van der Waals surface area contributed by atoms with Crippen LogP contribution in [-0.2, 0) is 11.3 Å². The number of fused-ring (bicyclic) bond motifs is 1. The third kappa shape index (κ3) is 3.48. The summed E-state index contributed by atoms with van der Waals surface area (Å²) in [6.07, 6.45) is 1.39. The van der Waals surface area contributed by atoms with Crippen molar-refractivity contribution in [1.29, 1.82) is 0 Å². The normalized spacial score (nSPS) is 10.7. The first-order valence-electron chi connectivity index (χ1n) is 7.49. The van der Waals surface area contributed by atoms with Gasteiger partial charge in [-0.1, -0.05) is 0 Å². The second-order valence-electron chi connectivity index (χ2n) is 5.37. The van der Waals surface area contributed by atoms with Gasteiger partial charge in [-0.25, -0.2) is 4.98 Å². The number of carbonyl (C=O) groups excluding carboxylic acids is 1. The van der Waals surface area contributed by atoms with Crippen LogP contribution < -0.4 is 20.3 Å². The Labute approximate surface area is 147 Å². The molecule has 0 saturated heterocycles. The molecule has 1 aromatic carbocycles. The molecule has 1 amide bonds. The Bertz CT molecular complexity index is 993. The molecule has 7 nitrogen and oxygen atoms in total. The van der Waals surface area contributed by atoms with E-state index in [4.69, 9.17) is 9.47 Å². The molecule has 130 valence electrons. The summed E-state index contributed by atoms with van der Waals surface area (Å²) in [5, 5.41) is 3.26. The van der Waals surface area contributed by atoms with Gasteiger partial charge in [0.2, 0.25) is 5.91 Å². The topological polar surface area (TPSA) is 82.4 Å². The number of carbonyl (C=O) groups is 1. The molecule has 0 fully saturated rings. The van der Waals surface area contributed by atoms with Crippen molar-refractivity contribution in [2.45, 2.75) is 13.5 Å². The van der Waals surface area contributed by atoms with E-state index in [0.29, 0.717) is 27.4 Å². The van der Waals surface area contributed by atoms with Gasteiger partial charge in [0.15, 0.2) is 0 Å². The van der Waals surface area contributed by atoms with Gasteiger partial charge in [0.05, 0.1) is 31.6 Å². The van der Waals surface area contributed by atoms with E-state index in [9.17, 15) is 9.59 Å². The smallest absolute Gasteiger partial charge is 0.262 e. The van der Waals surface area contributed by atoms with Gasteiger partial charge in [0.25, 0.3) is 5.56 Å². The zero-order valence-electron chi connectivity index (χ0n) is 14.0. The summed E-state index contributed by atoms with van der Waals surface area (Å²) < 4.78 is 11.7. The number of nitrogens with zero attached hydrogens (tertiary/aromatic N) is 2. The standard InChI is InChI=1S/C17H17N3O4S/c1-10-6-12-16(25-10)18-9-20(17(12)22)8-15(21)19-13-7-11(23-2)4-5-14(13)24-3/h4-7,9H,8H2,1-3H3,(H,19,21). The Balaban J connectivity index is 1.84. The fraction of sp³-hybridized carbons (Fsp3) is 0.235. The fourth-order valence-electron chi connectivity index (χ4n) is 2.45. The number of nitrogens with one attached hydrogen (secondary N) is 1. The summed E-state index contributed by atoms with van der Waals surface area (Å²) in [7, 11) is 3.05. The SMILES string of the molecule is COc1ccc(OC)c(NC(=O)Cn2cnc3sc(C)cc3c2=O)c1. The van der Waals surface area contributed by atoms with E-state index in [0.717, 1.165) is 4.88 Å². The maximum atomic E-state index is 12.5. The monoisotopic (exact) mass is 359 g/mol. The second-order valence-corrected chi connectivity index (χ2v) is 6.60. The van der Waals surface area contributed by atoms with Crippen LogP contribution in [0.15, 0.2) is 35.4 Å². The van der Waals surface area contributed by atoms with Crippen molar-refractivity contribution in [1.82, 2.24) is 9.55 Å². The molecule has 0 radical (unpaired) electrons. The first kappa shape index (κ1) is 17.0. The summed E-state index contributed by atoms with van der Waals surface area (Å²) in [6.45, 7) is 1.77. The lowest BCUT2D eigenvalue weighted by Crippen LogP contribution is -2.27. The minimum atomic E-state index is -0.359. The highest BCUT2D eigenvalue weighted by molar-refractivity contribution is 7.18. The van der Waals surface area contributed by atoms with Crippen molar-refractivity contribution < 1.29 is 14.3 Å². The predicted molar refractivity (Wildman–Crippen MR) is 96.8 cm³/mol. The molecule has 2 aromatic heterocycles. The lowest BCUT2D eigenvalue weighted by molar-refractivity contribution is -0.116. The van der Waals surface area contributed by atoms with Gasteiger partial charge in [-0.05, 0) is 25.1 Å². The summed E-state index contributed by atoms with van der Waals surface area (Å²) in [5.74, 6) is 0.732. The van der Waals surface area contributed by atoms with Gasteiger partial charge < -0.3 is 14.8 Å². The molecule has 3 aromatic rings. The number of methoxy groups -OCH3 is 2. The molecule has 0 aliphatic heterocycles. The van der Waals surface area contributed by atoms with Gasteiger partial charge in [-0.15, -0.1) is 11.3 Å². The Morgan fingerprint density at radius 1 is 1.28 bits per heavy atom. The highest BCUT2D eigenvalue weighted by Crippen LogP contribution is 2.28. The third-order valence-electron chi connectivity index (χ3n) is 3.64. The van der Waals surface area contributed by atoms with Crippen molar-refractivity contribution in [3.63, 3.8) is 0 Å². The molecule has 8 heteroatoms. The van der Waals surface area contributed by atoms with Gasteiger partial charge in [0.1, 0.15) is 22.9 Å². The molecule has 0 bridgehead atoms. The van der Waals surface area contributed by atoms with Gasteiger partial charge in [-0.3, -0.25) is 14.2 Å². The first-order chi connectivity index (χ1) is 12.0. The quantitative estimate of drug-likeness (QED) is 0.756. The third-order valence-corrected chi connectivity index (χ3v) is 4.59. The highest BCUT2D eigenvalue weighted by Gasteiger charge is 2.13. The zero-order chi connectivity index (χ0) is 18.0. The van der Waals surface area contributed by atoms with E-state index >= 15 is 0 Å². The van der Waals surface area contributed by atoms with Crippen molar-refractivity contribution in [2.24, 2.45) is 0 Å². The molecule has 0 spiro atoms. The molecule has 0 aliphatic rings.